The maximum Gasteiger partial charge on any atom is 0.143 e. The minimum absolute atomic E-state index is 0.127. The molecule has 7 aromatic carbocycles. The summed E-state index contributed by atoms with van der Waals surface area (Å²) in [4.78, 5) is 0. The Bertz CT molecular complexity index is 2300. The molecule has 8 aromatic rings. The van der Waals surface area contributed by atoms with Crippen molar-refractivity contribution in [3.05, 3.63) is 133 Å². The van der Waals surface area contributed by atoms with E-state index in [0.29, 0.717) is 0 Å². The molecule has 1 aromatic heterocycles. The van der Waals surface area contributed by atoms with Gasteiger partial charge in [-0.25, -0.2) is 0 Å². The van der Waals surface area contributed by atoms with Gasteiger partial charge in [0.05, 0.1) is 5.48 Å². The average Bonchev–Trinajstić information content (AvgIpc) is 3.37. The van der Waals surface area contributed by atoms with Crippen molar-refractivity contribution in [2.24, 2.45) is 0 Å². The van der Waals surface area contributed by atoms with E-state index in [1.165, 1.54) is 0 Å². The zero-order valence-electron chi connectivity index (χ0n) is 23.8. The van der Waals surface area contributed by atoms with Crippen LogP contribution in [0.15, 0.2) is 138 Å². The van der Waals surface area contributed by atoms with Gasteiger partial charge in [0.2, 0.25) is 0 Å². The summed E-state index contributed by atoms with van der Waals surface area (Å²) in [6, 6.07) is 36.1. The van der Waals surface area contributed by atoms with Gasteiger partial charge in [-0.1, -0.05) is 121 Å². The van der Waals surface area contributed by atoms with Gasteiger partial charge in [0.15, 0.2) is 0 Å². The molecule has 0 saturated carbocycles. The molecule has 1 nitrogen and oxygen atoms in total. The van der Waals surface area contributed by atoms with E-state index in [0.717, 1.165) is 76.5 Å². The van der Waals surface area contributed by atoms with Crippen molar-refractivity contribution in [2.45, 2.75) is 0 Å². The highest BCUT2D eigenvalue weighted by molar-refractivity contribution is 6.24. The predicted molar refractivity (Wildman–Crippen MR) is 157 cm³/mol. The van der Waals surface area contributed by atoms with Gasteiger partial charge in [-0.15, -0.1) is 0 Å². The van der Waals surface area contributed by atoms with Gasteiger partial charge >= 0.3 is 0 Å². The molecule has 1 heterocycles. The molecule has 37 heavy (non-hydrogen) atoms. The monoisotopic (exact) mass is 474 g/mol. The number of rotatable bonds is 2. The van der Waals surface area contributed by atoms with Crippen LogP contribution in [-0.2, 0) is 0 Å². The summed E-state index contributed by atoms with van der Waals surface area (Å²) in [5.74, 6) is 0. The Kier molecular flexibility index (Phi) is 3.53. The molecule has 0 saturated heterocycles. The Morgan fingerprint density at radius 3 is 1.84 bits per heavy atom. The largest absolute Gasteiger partial charge is 0.455 e. The van der Waals surface area contributed by atoms with E-state index in [4.69, 9.17) is 9.90 Å². The van der Waals surface area contributed by atoms with Crippen LogP contribution in [0.5, 0.6) is 0 Å². The van der Waals surface area contributed by atoms with Crippen LogP contribution in [0.4, 0.5) is 0 Å². The van der Waals surface area contributed by atoms with Crippen molar-refractivity contribution in [2.75, 3.05) is 0 Å². The van der Waals surface area contributed by atoms with E-state index in [1.807, 2.05) is 54.6 Å². The van der Waals surface area contributed by atoms with Crippen LogP contribution in [-0.4, -0.2) is 0 Å². The summed E-state index contributed by atoms with van der Waals surface area (Å²) in [6.45, 7) is 0. The normalized spacial score (nSPS) is 13.3. The standard InChI is InChI=1S/C36H22O/c1-2-11-24-22-25(21-20-23(24)10-1)34-27-13-3-5-15-29(27)35(30-16-6-4-14-28(30)34)32-18-9-17-31-26-12-7-8-19-33(26)37-36(31)32/h1-22H/i3D,4D,5D,6D. The molecule has 0 unspecified atom stereocenters. The third kappa shape index (κ3) is 2.98. The Balaban J connectivity index is 1.59. The first-order valence-corrected chi connectivity index (χ1v) is 12.4. The summed E-state index contributed by atoms with van der Waals surface area (Å²) in [5, 5.41) is 7.51. The molecule has 0 aliphatic carbocycles. The lowest BCUT2D eigenvalue weighted by Gasteiger charge is -2.18. The van der Waals surface area contributed by atoms with Crippen molar-refractivity contribution in [3.8, 4) is 22.3 Å². The van der Waals surface area contributed by atoms with Crippen LogP contribution >= 0.6 is 0 Å². The van der Waals surface area contributed by atoms with Crippen LogP contribution in [0.2, 0.25) is 0 Å². The van der Waals surface area contributed by atoms with Gasteiger partial charge in [0.1, 0.15) is 11.2 Å². The van der Waals surface area contributed by atoms with Gasteiger partial charge in [0.25, 0.3) is 0 Å². The maximum absolute atomic E-state index is 8.60. The summed E-state index contributed by atoms with van der Waals surface area (Å²) in [5.41, 5.74) is 5.07. The van der Waals surface area contributed by atoms with Gasteiger partial charge in [-0.3, -0.25) is 0 Å². The molecule has 172 valence electrons. The number of hydrogen-bond acceptors (Lipinski definition) is 1. The topological polar surface area (TPSA) is 13.1 Å². The van der Waals surface area contributed by atoms with Gasteiger partial charge in [-0.2, -0.15) is 0 Å². The summed E-state index contributed by atoms with van der Waals surface area (Å²) in [6.07, 6.45) is 0. The molecule has 0 amide bonds. The zero-order chi connectivity index (χ0) is 27.8. The third-order valence-corrected chi connectivity index (χ3v) is 7.40. The van der Waals surface area contributed by atoms with Crippen LogP contribution in [0.25, 0.3) is 76.5 Å². The predicted octanol–water partition coefficient (Wildman–Crippen LogP) is 10.4. The van der Waals surface area contributed by atoms with Crippen LogP contribution < -0.4 is 0 Å². The van der Waals surface area contributed by atoms with Crippen molar-refractivity contribution in [3.63, 3.8) is 0 Å². The van der Waals surface area contributed by atoms with E-state index in [2.05, 4.69) is 30.3 Å². The highest BCUT2D eigenvalue weighted by atomic mass is 16.3. The van der Waals surface area contributed by atoms with Crippen molar-refractivity contribution < 1.29 is 9.90 Å². The van der Waals surface area contributed by atoms with E-state index >= 15 is 0 Å². The lowest BCUT2D eigenvalue weighted by Crippen LogP contribution is -1.91. The summed E-state index contributed by atoms with van der Waals surface area (Å²) >= 11 is 0. The SMILES string of the molecule is [2H]c1cc2c(-c3ccc4ccccc4c3)c3cc([2H])c([2H])cc3c(-c3cccc4c3oc3ccccc34)c2cc1[2H]. The molecule has 0 N–H and O–H groups in total. The van der Waals surface area contributed by atoms with Crippen LogP contribution in [0, 0.1) is 0 Å². The molecule has 1 heteroatoms. The van der Waals surface area contributed by atoms with E-state index in [9.17, 15) is 0 Å². The average molecular weight is 475 g/mol. The van der Waals surface area contributed by atoms with Crippen LogP contribution in [0.1, 0.15) is 5.48 Å². The van der Waals surface area contributed by atoms with Gasteiger partial charge < -0.3 is 4.42 Å². The van der Waals surface area contributed by atoms with Gasteiger partial charge in [0, 0.05) is 21.9 Å². The molecule has 0 atom stereocenters. The number of hydrogen-bond donors (Lipinski definition) is 0. The first-order valence-electron chi connectivity index (χ1n) is 14.4. The fraction of sp³-hybridized carbons (Fsp3) is 0. The lowest BCUT2D eigenvalue weighted by molar-refractivity contribution is 0.670. The molecule has 0 aliphatic rings. The highest BCUT2D eigenvalue weighted by Crippen LogP contribution is 2.46. The first kappa shape index (κ1) is 16.7. The third-order valence-electron chi connectivity index (χ3n) is 7.40. The lowest BCUT2D eigenvalue weighted by atomic mass is 9.85. The van der Waals surface area contributed by atoms with Crippen molar-refractivity contribution >= 4 is 54.3 Å². The van der Waals surface area contributed by atoms with E-state index in [1.54, 1.807) is 24.3 Å². The fourth-order valence-electron chi connectivity index (χ4n) is 5.77. The quantitative estimate of drug-likeness (QED) is 0.227. The Hall–Kier alpha value is -4.88. The summed E-state index contributed by atoms with van der Waals surface area (Å²) in [7, 11) is 0. The minimum atomic E-state index is 0.127. The molecule has 8 rings (SSSR count). The number of furan rings is 1. The number of para-hydroxylation sites is 2. The number of benzene rings is 7. The maximum atomic E-state index is 8.60. The Morgan fingerprint density at radius 1 is 0.459 bits per heavy atom. The molecule has 0 bridgehead atoms. The first-order chi connectivity index (χ1) is 20.0. The highest BCUT2D eigenvalue weighted by Gasteiger charge is 2.20. The van der Waals surface area contributed by atoms with E-state index in [-0.39, 0.29) is 24.2 Å². The van der Waals surface area contributed by atoms with Crippen molar-refractivity contribution in [1.29, 1.82) is 0 Å². The molecule has 0 radical (unpaired) electrons. The van der Waals surface area contributed by atoms with Crippen molar-refractivity contribution in [1.82, 2.24) is 0 Å². The second-order valence-electron chi connectivity index (χ2n) is 9.40. The Labute approximate surface area is 219 Å². The van der Waals surface area contributed by atoms with E-state index < -0.39 is 0 Å². The van der Waals surface area contributed by atoms with Gasteiger partial charge in [-0.05, 0) is 55.6 Å². The fourth-order valence-corrected chi connectivity index (χ4v) is 5.77. The Morgan fingerprint density at radius 2 is 1.08 bits per heavy atom. The summed E-state index contributed by atoms with van der Waals surface area (Å²) < 4.78 is 40.8. The molecular formula is C36H22O. The second kappa shape index (κ2) is 7.81. The second-order valence-corrected chi connectivity index (χ2v) is 9.40. The minimum Gasteiger partial charge on any atom is -0.455 e. The zero-order valence-corrected chi connectivity index (χ0v) is 19.8. The molecular weight excluding hydrogens is 448 g/mol. The number of fused-ring (bicyclic) bond motifs is 6. The van der Waals surface area contributed by atoms with Crippen LogP contribution in [0.3, 0.4) is 0 Å². The smallest absolute Gasteiger partial charge is 0.143 e. The molecule has 0 aliphatic heterocycles. The molecule has 0 fully saturated rings. The molecule has 0 spiro atoms.